The third kappa shape index (κ3) is 3.08. The Morgan fingerprint density at radius 1 is 0.459 bits per heavy atom. The zero-order valence-electron chi connectivity index (χ0n) is 24.7. The summed E-state index contributed by atoms with van der Waals surface area (Å²) in [5.74, 6) is 0. The average Bonchev–Trinajstić information content (AvgIpc) is 3.41. The largest absolute Gasteiger partial charge is 0.135 e. The molecular formula is C36H22S. The van der Waals surface area contributed by atoms with Crippen molar-refractivity contribution in [3.63, 3.8) is 0 Å². The first-order valence-corrected chi connectivity index (χ1v) is 13.1. The Balaban J connectivity index is 1.49. The van der Waals surface area contributed by atoms with Crippen LogP contribution in [0.3, 0.4) is 0 Å². The Hall–Kier alpha value is -4.46. The minimum absolute atomic E-state index is 0.192. The van der Waals surface area contributed by atoms with Crippen LogP contribution in [0.1, 0.15) is 6.85 Å². The van der Waals surface area contributed by atoms with Crippen LogP contribution in [0.5, 0.6) is 0 Å². The van der Waals surface area contributed by atoms with E-state index in [-0.39, 0.29) is 35.8 Å². The molecule has 1 aromatic heterocycles. The van der Waals surface area contributed by atoms with E-state index < -0.39 is 0 Å². The van der Waals surface area contributed by atoms with E-state index in [9.17, 15) is 0 Å². The van der Waals surface area contributed by atoms with Gasteiger partial charge in [0.2, 0.25) is 0 Å². The molecule has 0 saturated carbocycles. The predicted octanol–water partition coefficient (Wildman–Crippen LogP) is 10.8. The summed E-state index contributed by atoms with van der Waals surface area (Å²) in [5, 5.41) is 8.59. The quantitative estimate of drug-likeness (QED) is 0.211. The summed E-state index contributed by atoms with van der Waals surface area (Å²) in [6, 6.07) is 34.2. The second kappa shape index (κ2) is 8.03. The molecular weight excluding hydrogens is 464 g/mol. The zero-order chi connectivity index (χ0) is 28.7. The number of thiophene rings is 1. The van der Waals surface area contributed by atoms with Gasteiger partial charge in [-0.3, -0.25) is 0 Å². The molecule has 1 heteroatoms. The molecule has 0 spiro atoms. The minimum Gasteiger partial charge on any atom is -0.135 e. The van der Waals surface area contributed by atoms with Crippen LogP contribution in [0.2, 0.25) is 0 Å². The molecule has 0 aliphatic rings. The smallest absolute Gasteiger partial charge is 0.0629 e. The molecule has 37 heavy (non-hydrogen) atoms. The summed E-state index contributed by atoms with van der Waals surface area (Å²) in [6.07, 6.45) is 0. The molecule has 8 aromatic rings. The van der Waals surface area contributed by atoms with Gasteiger partial charge in [-0.05, 0) is 66.7 Å². The number of hydrogen-bond acceptors (Lipinski definition) is 1. The summed E-state index contributed by atoms with van der Waals surface area (Å²) in [6.45, 7) is 0. The fourth-order valence-electron chi connectivity index (χ4n) is 5.74. The van der Waals surface area contributed by atoms with Gasteiger partial charge in [-0.1, -0.05) is 121 Å². The van der Waals surface area contributed by atoms with E-state index in [1.807, 2.05) is 47.7 Å². The molecule has 172 valence electrons. The van der Waals surface area contributed by atoms with Crippen LogP contribution >= 0.6 is 11.3 Å². The Morgan fingerprint density at radius 3 is 1.73 bits per heavy atom. The van der Waals surface area contributed by atoms with E-state index >= 15 is 0 Å². The summed E-state index contributed by atoms with van der Waals surface area (Å²) < 4.78 is 44.9. The van der Waals surface area contributed by atoms with Gasteiger partial charge in [0.05, 0.1) is 6.85 Å². The SMILES string of the molecule is [2H]c1c([2H])c([2H])c(-c2c3ccccc3c(-c3ccc4sc5c6ccccc6ccc5c4c3)c3ccccc23)c([2H])c1[2H]. The first kappa shape index (κ1) is 16.3. The molecule has 7 aromatic carbocycles. The van der Waals surface area contributed by atoms with Crippen molar-refractivity contribution in [3.8, 4) is 22.3 Å². The average molecular weight is 492 g/mol. The third-order valence-corrected chi connectivity index (χ3v) is 8.55. The van der Waals surface area contributed by atoms with Gasteiger partial charge in [-0.25, -0.2) is 0 Å². The summed E-state index contributed by atoms with van der Waals surface area (Å²) in [4.78, 5) is 0. The van der Waals surface area contributed by atoms with Gasteiger partial charge in [-0.2, -0.15) is 0 Å². The van der Waals surface area contributed by atoms with Crippen LogP contribution in [0.4, 0.5) is 0 Å². The maximum absolute atomic E-state index is 8.78. The molecule has 0 N–H and O–H groups in total. The van der Waals surface area contributed by atoms with Gasteiger partial charge in [0.15, 0.2) is 0 Å². The van der Waals surface area contributed by atoms with E-state index in [1.165, 1.54) is 30.9 Å². The third-order valence-electron chi connectivity index (χ3n) is 7.33. The van der Waals surface area contributed by atoms with Gasteiger partial charge >= 0.3 is 0 Å². The van der Waals surface area contributed by atoms with E-state index in [4.69, 9.17) is 6.85 Å². The molecule has 0 radical (unpaired) electrons. The lowest BCUT2D eigenvalue weighted by molar-refractivity contribution is 1.66. The molecule has 0 aliphatic carbocycles. The molecule has 0 aliphatic heterocycles. The highest BCUT2D eigenvalue weighted by Gasteiger charge is 2.17. The highest BCUT2D eigenvalue weighted by atomic mass is 32.1. The van der Waals surface area contributed by atoms with E-state index in [1.54, 1.807) is 0 Å². The maximum Gasteiger partial charge on any atom is 0.0629 e. The fourth-order valence-corrected chi connectivity index (χ4v) is 6.96. The van der Waals surface area contributed by atoms with Gasteiger partial charge in [0.25, 0.3) is 0 Å². The van der Waals surface area contributed by atoms with E-state index in [2.05, 4.69) is 66.7 Å². The maximum atomic E-state index is 8.78. The van der Waals surface area contributed by atoms with Crippen molar-refractivity contribution in [2.75, 3.05) is 0 Å². The number of rotatable bonds is 2. The van der Waals surface area contributed by atoms with Gasteiger partial charge in [0.1, 0.15) is 0 Å². The molecule has 0 amide bonds. The highest BCUT2D eigenvalue weighted by Crippen LogP contribution is 2.45. The molecule has 0 saturated heterocycles. The molecule has 1 heterocycles. The minimum atomic E-state index is -0.386. The molecule has 0 bridgehead atoms. The fraction of sp³-hybridized carbons (Fsp3) is 0. The van der Waals surface area contributed by atoms with Gasteiger partial charge in [-0.15, -0.1) is 11.3 Å². The van der Waals surface area contributed by atoms with Gasteiger partial charge in [0, 0.05) is 20.2 Å². The normalized spacial score (nSPS) is 13.7. The van der Waals surface area contributed by atoms with E-state index in [0.717, 1.165) is 32.7 Å². The van der Waals surface area contributed by atoms with E-state index in [0.29, 0.717) is 5.56 Å². The number of fused-ring (bicyclic) bond motifs is 7. The number of hydrogen-bond donors (Lipinski definition) is 0. The molecule has 0 atom stereocenters. The van der Waals surface area contributed by atoms with Crippen molar-refractivity contribution in [1.29, 1.82) is 0 Å². The molecule has 8 rings (SSSR count). The van der Waals surface area contributed by atoms with Crippen LogP contribution in [-0.4, -0.2) is 0 Å². The standard InChI is InChI=1S/C36H22S/c1-2-11-24(12-3-1)34-27-14-6-8-16-29(27)35(30-17-9-7-15-28(30)34)25-19-21-33-32(22-25)31-20-18-23-10-4-5-13-26(23)36(31)37-33/h1-22H/i1D,2D,3D,11D,12D. The second-order valence-electron chi connectivity index (χ2n) is 9.32. The van der Waals surface area contributed by atoms with Crippen molar-refractivity contribution in [3.05, 3.63) is 133 Å². The van der Waals surface area contributed by atoms with Crippen LogP contribution in [0, 0.1) is 0 Å². The van der Waals surface area contributed by atoms with Crippen molar-refractivity contribution in [2.24, 2.45) is 0 Å². The van der Waals surface area contributed by atoms with Crippen LogP contribution in [-0.2, 0) is 0 Å². The van der Waals surface area contributed by atoms with Crippen LogP contribution in [0.25, 0.3) is 74.7 Å². The highest BCUT2D eigenvalue weighted by molar-refractivity contribution is 7.26. The summed E-state index contributed by atoms with van der Waals surface area (Å²) in [5.41, 5.74) is 3.04. The van der Waals surface area contributed by atoms with Crippen molar-refractivity contribution in [1.82, 2.24) is 0 Å². The molecule has 0 nitrogen and oxygen atoms in total. The van der Waals surface area contributed by atoms with Crippen molar-refractivity contribution in [2.45, 2.75) is 0 Å². The van der Waals surface area contributed by atoms with Crippen LogP contribution < -0.4 is 0 Å². The Labute approximate surface area is 226 Å². The zero-order valence-corrected chi connectivity index (χ0v) is 20.5. The Morgan fingerprint density at radius 2 is 1.05 bits per heavy atom. The topological polar surface area (TPSA) is 0 Å². The monoisotopic (exact) mass is 491 g/mol. The van der Waals surface area contributed by atoms with Crippen molar-refractivity contribution >= 4 is 63.8 Å². The van der Waals surface area contributed by atoms with Gasteiger partial charge < -0.3 is 0 Å². The van der Waals surface area contributed by atoms with Crippen LogP contribution in [0.15, 0.2) is 133 Å². The lowest BCUT2D eigenvalue weighted by atomic mass is 9.86. The first-order chi connectivity index (χ1) is 20.4. The molecule has 0 fully saturated rings. The Kier molecular flexibility index (Phi) is 3.54. The molecule has 0 unspecified atom stereocenters. The lowest BCUT2D eigenvalue weighted by Crippen LogP contribution is -1.90. The Bertz CT molecular complexity index is 2340. The second-order valence-corrected chi connectivity index (χ2v) is 10.4. The summed E-state index contributed by atoms with van der Waals surface area (Å²) >= 11 is 1.82. The first-order valence-electron chi connectivity index (χ1n) is 14.8. The number of benzene rings is 7. The lowest BCUT2D eigenvalue weighted by Gasteiger charge is -2.17. The van der Waals surface area contributed by atoms with Crippen molar-refractivity contribution < 1.29 is 6.85 Å². The predicted molar refractivity (Wildman–Crippen MR) is 163 cm³/mol. The summed E-state index contributed by atoms with van der Waals surface area (Å²) in [7, 11) is 0.